The zero-order valence-electron chi connectivity index (χ0n) is 15.3. The number of nitrogens with one attached hydrogen (secondary N) is 2. The van der Waals surface area contributed by atoms with Crippen molar-refractivity contribution in [3.8, 4) is 0 Å². The number of pyridine rings is 1. The van der Waals surface area contributed by atoms with Gasteiger partial charge in [0, 0.05) is 18.3 Å². The summed E-state index contributed by atoms with van der Waals surface area (Å²) < 4.78 is 4.78. The zero-order valence-corrected chi connectivity index (χ0v) is 15.3. The molecule has 0 fully saturated rings. The maximum Gasteiger partial charge on any atom is 0.328 e. The molecule has 7 nitrogen and oxygen atoms in total. The van der Waals surface area contributed by atoms with Crippen LogP contribution in [0.4, 0.5) is 0 Å². The van der Waals surface area contributed by atoms with Crippen molar-refractivity contribution in [1.29, 1.82) is 0 Å². The monoisotopic (exact) mass is 369 g/mol. The Kier molecular flexibility index (Phi) is 7.49. The van der Waals surface area contributed by atoms with E-state index in [1.165, 1.54) is 7.11 Å². The van der Waals surface area contributed by atoms with Gasteiger partial charge in [0.25, 0.3) is 0 Å². The molecule has 7 heteroatoms. The van der Waals surface area contributed by atoms with Crippen LogP contribution in [-0.2, 0) is 32.0 Å². The van der Waals surface area contributed by atoms with Crippen molar-refractivity contribution >= 4 is 17.8 Å². The first kappa shape index (κ1) is 20.1. The Morgan fingerprint density at radius 1 is 1.04 bits per heavy atom. The lowest BCUT2D eigenvalue weighted by atomic mass is 10.1. The first-order chi connectivity index (χ1) is 13.0. The van der Waals surface area contributed by atoms with Crippen LogP contribution in [0.25, 0.3) is 0 Å². The van der Waals surface area contributed by atoms with E-state index in [1.807, 2.05) is 30.3 Å². The van der Waals surface area contributed by atoms with Gasteiger partial charge in [-0.3, -0.25) is 14.6 Å². The molecule has 2 rings (SSSR count). The minimum absolute atomic E-state index is 0.0723. The molecule has 0 bridgehead atoms. The van der Waals surface area contributed by atoms with Crippen LogP contribution in [0.15, 0.2) is 54.7 Å². The Morgan fingerprint density at radius 3 is 2.37 bits per heavy atom. The van der Waals surface area contributed by atoms with Crippen molar-refractivity contribution in [3.63, 3.8) is 0 Å². The highest BCUT2D eigenvalue weighted by atomic mass is 16.5. The fourth-order valence-electron chi connectivity index (χ4n) is 2.51. The minimum atomic E-state index is -0.833. The van der Waals surface area contributed by atoms with Crippen molar-refractivity contribution in [2.24, 2.45) is 0 Å². The smallest absolute Gasteiger partial charge is 0.328 e. The quantitative estimate of drug-likeness (QED) is 0.678. The molecule has 0 aliphatic carbocycles. The summed E-state index contributed by atoms with van der Waals surface area (Å²) >= 11 is 0. The number of hydrogen-bond donors (Lipinski definition) is 2. The molecule has 2 atom stereocenters. The Balaban J connectivity index is 1.92. The van der Waals surface area contributed by atoms with Crippen LogP contribution in [0.1, 0.15) is 18.2 Å². The lowest BCUT2D eigenvalue weighted by molar-refractivity contribution is -0.145. The second-order valence-electron chi connectivity index (χ2n) is 6.06. The van der Waals surface area contributed by atoms with Gasteiger partial charge in [-0.2, -0.15) is 0 Å². The second-order valence-corrected chi connectivity index (χ2v) is 6.06. The lowest BCUT2D eigenvalue weighted by Crippen LogP contribution is -2.51. The summed E-state index contributed by atoms with van der Waals surface area (Å²) in [6.07, 6.45) is 1.97. The zero-order chi connectivity index (χ0) is 19.6. The third-order valence-corrected chi connectivity index (χ3v) is 3.92. The van der Waals surface area contributed by atoms with Crippen molar-refractivity contribution in [1.82, 2.24) is 15.6 Å². The first-order valence-corrected chi connectivity index (χ1v) is 8.61. The number of rotatable bonds is 8. The van der Waals surface area contributed by atoms with E-state index in [2.05, 4.69) is 15.6 Å². The van der Waals surface area contributed by atoms with Crippen molar-refractivity contribution in [3.05, 3.63) is 66.0 Å². The first-order valence-electron chi connectivity index (χ1n) is 8.61. The summed E-state index contributed by atoms with van der Waals surface area (Å²) in [6.45, 7) is 1.56. The molecule has 2 aromatic rings. The highest BCUT2D eigenvalue weighted by Gasteiger charge is 2.25. The van der Waals surface area contributed by atoms with Gasteiger partial charge in [0.15, 0.2) is 0 Å². The average molecular weight is 369 g/mol. The summed E-state index contributed by atoms with van der Waals surface area (Å²) in [7, 11) is 1.27. The molecule has 2 amide bonds. The van der Waals surface area contributed by atoms with Gasteiger partial charge in [-0.15, -0.1) is 0 Å². The second kappa shape index (κ2) is 10.1. The van der Waals surface area contributed by atoms with Gasteiger partial charge in [-0.1, -0.05) is 36.4 Å². The number of amides is 2. The molecule has 142 valence electrons. The summed E-state index contributed by atoms with van der Waals surface area (Å²) in [5.41, 5.74) is 1.50. The van der Waals surface area contributed by atoms with E-state index in [4.69, 9.17) is 4.74 Å². The van der Waals surface area contributed by atoms with Crippen LogP contribution in [0.5, 0.6) is 0 Å². The number of benzene rings is 1. The lowest BCUT2D eigenvalue weighted by Gasteiger charge is -2.20. The number of ether oxygens (including phenoxy) is 1. The molecule has 0 spiro atoms. The highest BCUT2D eigenvalue weighted by molar-refractivity contribution is 5.90. The standard InChI is InChI=1S/C20H23N3O4/c1-14(22-18(24)13-16-10-6-7-11-21-16)19(25)23-17(20(26)27-2)12-15-8-4-3-5-9-15/h3-11,14,17H,12-13H2,1-2H3,(H,22,24)(H,23,25)/t14-,17-/m0/s1. The highest BCUT2D eigenvalue weighted by Crippen LogP contribution is 2.05. The van der Waals surface area contributed by atoms with Gasteiger partial charge in [0.2, 0.25) is 11.8 Å². The van der Waals surface area contributed by atoms with Crippen LogP contribution in [0.3, 0.4) is 0 Å². The molecular weight excluding hydrogens is 346 g/mol. The van der Waals surface area contributed by atoms with Gasteiger partial charge in [-0.05, 0) is 24.6 Å². The van der Waals surface area contributed by atoms with Gasteiger partial charge in [0.1, 0.15) is 12.1 Å². The average Bonchev–Trinajstić information content (AvgIpc) is 2.68. The molecule has 0 radical (unpaired) electrons. The van der Waals surface area contributed by atoms with E-state index in [0.717, 1.165) is 5.56 Å². The van der Waals surface area contributed by atoms with Crippen molar-refractivity contribution < 1.29 is 19.1 Å². The van der Waals surface area contributed by atoms with Gasteiger partial charge >= 0.3 is 5.97 Å². The van der Waals surface area contributed by atoms with Crippen LogP contribution >= 0.6 is 0 Å². The predicted molar refractivity (Wildman–Crippen MR) is 99.6 cm³/mol. The largest absolute Gasteiger partial charge is 0.467 e. The van der Waals surface area contributed by atoms with Crippen molar-refractivity contribution in [2.75, 3.05) is 7.11 Å². The number of esters is 1. The number of carbonyl (C=O) groups is 3. The molecule has 0 saturated carbocycles. The Bertz CT molecular complexity index is 765. The SMILES string of the molecule is COC(=O)[C@H](Cc1ccccc1)NC(=O)[C@H](C)NC(=O)Cc1ccccn1. The molecule has 0 aliphatic heterocycles. The Labute approximate surface area is 158 Å². The molecule has 0 unspecified atom stereocenters. The van der Waals surface area contributed by atoms with Crippen LogP contribution in [0, 0.1) is 0 Å². The van der Waals surface area contributed by atoms with E-state index >= 15 is 0 Å². The normalized spacial score (nSPS) is 12.5. The third kappa shape index (κ3) is 6.54. The third-order valence-electron chi connectivity index (χ3n) is 3.92. The molecule has 1 heterocycles. The molecule has 0 aliphatic rings. The maximum absolute atomic E-state index is 12.4. The Morgan fingerprint density at radius 2 is 1.74 bits per heavy atom. The number of nitrogens with zero attached hydrogens (tertiary/aromatic N) is 1. The number of methoxy groups -OCH3 is 1. The predicted octanol–water partition coefficient (Wildman–Crippen LogP) is 1.03. The van der Waals surface area contributed by atoms with Gasteiger partial charge in [-0.25, -0.2) is 4.79 Å². The number of aromatic nitrogens is 1. The molecule has 27 heavy (non-hydrogen) atoms. The van der Waals surface area contributed by atoms with Gasteiger partial charge in [0.05, 0.1) is 13.5 Å². The fourth-order valence-corrected chi connectivity index (χ4v) is 2.51. The molecule has 2 N–H and O–H groups in total. The summed E-state index contributed by atoms with van der Waals surface area (Å²) in [5, 5.41) is 5.25. The van der Waals surface area contributed by atoms with Crippen LogP contribution in [-0.4, -0.2) is 42.0 Å². The van der Waals surface area contributed by atoms with Crippen LogP contribution < -0.4 is 10.6 Å². The van der Waals surface area contributed by atoms with E-state index < -0.39 is 24.0 Å². The molecular formula is C20H23N3O4. The van der Waals surface area contributed by atoms with Crippen LogP contribution in [0.2, 0.25) is 0 Å². The topological polar surface area (TPSA) is 97.4 Å². The van der Waals surface area contributed by atoms with E-state index in [-0.39, 0.29) is 12.3 Å². The Hall–Kier alpha value is -3.22. The fraction of sp³-hybridized carbons (Fsp3) is 0.300. The van der Waals surface area contributed by atoms with E-state index in [0.29, 0.717) is 12.1 Å². The molecule has 1 aromatic carbocycles. The number of hydrogen-bond acceptors (Lipinski definition) is 5. The van der Waals surface area contributed by atoms with Crippen molar-refractivity contribution in [2.45, 2.75) is 31.8 Å². The summed E-state index contributed by atoms with van der Waals surface area (Å²) in [5.74, 6) is -1.33. The van der Waals surface area contributed by atoms with E-state index in [1.54, 1.807) is 31.3 Å². The molecule has 1 aromatic heterocycles. The maximum atomic E-state index is 12.4. The molecule has 0 saturated heterocycles. The summed E-state index contributed by atoms with van der Waals surface area (Å²) in [6, 6.07) is 12.9. The van der Waals surface area contributed by atoms with Gasteiger partial charge < -0.3 is 15.4 Å². The van der Waals surface area contributed by atoms with E-state index in [9.17, 15) is 14.4 Å². The minimum Gasteiger partial charge on any atom is -0.467 e. The number of carbonyl (C=O) groups excluding carboxylic acids is 3. The summed E-state index contributed by atoms with van der Waals surface area (Å²) in [4.78, 5) is 40.6.